The van der Waals surface area contributed by atoms with E-state index < -0.39 is 10.0 Å². The highest BCUT2D eigenvalue weighted by Gasteiger charge is 2.37. The van der Waals surface area contributed by atoms with E-state index in [0.717, 1.165) is 18.4 Å². The Labute approximate surface area is 133 Å². The third-order valence-electron chi connectivity index (χ3n) is 3.69. The number of hydrogen-bond acceptors (Lipinski definition) is 4. The summed E-state index contributed by atoms with van der Waals surface area (Å²) >= 11 is 7.50. The number of nitrogens with two attached hydrogens (primary N) is 1. The summed E-state index contributed by atoms with van der Waals surface area (Å²) in [6.45, 7) is 0.509. The predicted molar refractivity (Wildman–Crippen MR) is 86.1 cm³/mol. The van der Waals surface area contributed by atoms with Crippen LogP contribution in [0.4, 0.5) is 5.69 Å². The molecule has 7 heteroatoms. The molecule has 1 unspecified atom stereocenters. The van der Waals surface area contributed by atoms with Crippen molar-refractivity contribution in [2.75, 3.05) is 12.3 Å². The molecule has 2 aromatic rings. The van der Waals surface area contributed by atoms with Gasteiger partial charge in [0.15, 0.2) is 0 Å². The van der Waals surface area contributed by atoms with Crippen molar-refractivity contribution >= 4 is 38.6 Å². The van der Waals surface area contributed by atoms with Crippen LogP contribution in [-0.4, -0.2) is 19.3 Å². The number of rotatable bonds is 3. The number of anilines is 1. The summed E-state index contributed by atoms with van der Waals surface area (Å²) in [5.41, 5.74) is 7.12. The fourth-order valence-corrected chi connectivity index (χ4v) is 5.45. The van der Waals surface area contributed by atoms with E-state index in [4.69, 9.17) is 17.3 Å². The van der Waals surface area contributed by atoms with E-state index in [9.17, 15) is 8.42 Å². The maximum absolute atomic E-state index is 12.9. The Morgan fingerprint density at radius 1 is 1.33 bits per heavy atom. The molecule has 4 nitrogen and oxygen atoms in total. The van der Waals surface area contributed by atoms with Gasteiger partial charge >= 0.3 is 0 Å². The summed E-state index contributed by atoms with van der Waals surface area (Å²) in [4.78, 5) is 0.0946. The van der Waals surface area contributed by atoms with Crippen LogP contribution in [0, 0.1) is 0 Å². The lowest BCUT2D eigenvalue weighted by Gasteiger charge is -2.24. The Bertz CT molecular complexity index is 744. The molecule has 1 atom stereocenters. The van der Waals surface area contributed by atoms with Crippen LogP contribution in [0.15, 0.2) is 39.9 Å². The van der Waals surface area contributed by atoms with Crippen molar-refractivity contribution in [2.45, 2.75) is 23.8 Å². The lowest BCUT2D eigenvalue weighted by Crippen LogP contribution is -2.31. The zero-order valence-electron chi connectivity index (χ0n) is 11.2. The summed E-state index contributed by atoms with van der Waals surface area (Å²) in [7, 11) is -3.64. The fourth-order valence-electron chi connectivity index (χ4n) is 2.68. The molecular formula is C14H15ClN2O2S2. The van der Waals surface area contributed by atoms with Gasteiger partial charge < -0.3 is 5.73 Å². The number of nitrogens with zero attached hydrogens (tertiary/aromatic N) is 1. The van der Waals surface area contributed by atoms with E-state index in [1.165, 1.54) is 16.4 Å². The molecule has 1 aromatic heterocycles. The zero-order valence-corrected chi connectivity index (χ0v) is 13.6. The van der Waals surface area contributed by atoms with Gasteiger partial charge in [-0.3, -0.25) is 0 Å². The van der Waals surface area contributed by atoms with Gasteiger partial charge in [-0.15, -0.1) is 0 Å². The van der Waals surface area contributed by atoms with Crippen molar-refractivity contribution in [1.29, 1.82) is 0 Å². The molecule has 2 heterocycles. The molecule has 0 bridgehead atoms. The molecule has 0 spiro atoms. The number of benzene rings is 1. The van der Waals surface area contributed by atoms with Crippen LogP contribution in [0.2, 0.25) is 5.02 Å². The first-order valence-electron chi connectivity index (χ1n) is 6.59. The van der Waals surface area contributed by atoms with Crippen molar-refractivity contribution in [3.8, 4) is 0 Å². The summed E-state index contributed by atoms with van der Waals surface area (Å²) in [6, 6.07) is 6.42. The number of hydrogen-bond donors (Lipinski definition) is 1. The first-order chi connectivity index (χ1) is 10.00. The van der Waals surface area contributed by atoms with Gasteiger partial charge in [0.2, 0.25) is 10.0 Å². The van der Waals surface area contributed by atoms with Crippen LogP contribution >= 0.6 is 22.9 Å². The summed E-state index contributed by atoms with van der Waals surface area (Å²) in [5, 5.41) is 4.33. The molecule has 112 valence electrons. The minimum absolute atomic E-state index is 0.0946. The van der Waals surface area contributed by atoms with Crippen molar-refractivity contribution in [3.63, 3.8) is 0 Å². The summed E-state index contributed by atoms with van der Waals surface area (Å²) in [6.07, 6.45) is 1.68. The molecule has 0 saturated carbocycles. The van der Waals surface area contributed by atoms with Crippen molar-refractivity contribution < 1.29 is 8.42 Å². The molecule has 1 aliphatic heterocycles. The topological polar surface area (TPSA) is 63.4 Å². The molecule has 0 aliphatic carbocycles. The molecule has 1 aliphatic rings. The smallest absolute Gasteiger partial charge is 0.245 e. The van der Waals surface area contributed by atoms with Gasteiger partial charge in [0, 0.05) is 11.6 Å². The Kier molecular flexibility index (Phi) is 3.96. The SMILES string of the molecule is Nc1ccc(Cl)cc1S(=O)(=O)N1CCCC1c1ccsc1. The van der Waals surface area contributed by atoms with Crippen LogP contribution in [0.3, 0.4) is 0 Å². The van der Waals surface area contributed by atoms with E-state index in [2.05, 4.69) is 0 Å². The minimum atomic E-state index is -3.64. The predicted octanol–water partition coefficient (Wildman–Crippen LogP) is 3.51. The van der Waals surface area contributed by atoms with Gasteiger partial charge in [-0.1, -0.05) is 11.6 Å². The summed E-state index contributed by atoms with van der Waals surface area (Å²) < 4.78 is 27.3. The van der Waals surface area contributed by atoms with Crippen molar-refractivity contribution in [2.24, 2.45) is 0 Å². The third-order valence-corrected chi connectivity index (χ3v) is 6.59. The molecule has 1 saturated heterocycles. The standard InChI is InChI=1S/C14H15ClN2O2S2/c15-11-3-4-12(16)14(8-11)21(18,19)17-6-1-2-13(17)10-5-7-20-9-10/h3-5,7-9,13H,1-2,6,16H2. The van der Waals surface area contributed by atoms with E-state index in [0.29, 0.717) is 11.6 Å². The van der Waals surface area contributed by atoms with Crippen LogP contribution in [0.25, 0.3) is 0 Å². The number of nitrogen functional groups attached to an aromatic ring is 1. The summed E-state index contributed by atoms with van der Waals surface area (Å²) in [5.74, 6) is 0. The number of halogens is 1. The molecule has 0 amide bonds. The monoisotopic (exact) mass is 342 g/mol. The van der Waals surface area contributed by atoms with Crippen LogP contribution in [0.5, 0.6) is 0 Å². The zero-order chi connectivity index (χ0) is 15.0. The minimum Gasteiger partial charge on any atom is -0.398 e. The van der Waals surface area contributed by atoms with Gasteiger partial charge in [-0.05, 0) is 53.4 Å². The first-order valence-corrected chi connectivity index (χ1v) is 9.35. The van der Waals surface area contributed by atoms with E-state index in [1.54, 1.807) is 17.4 Å². The van der Waals surface area contributed by atoms with Crippen molar-refractivity contribution in [1.82, 2.24) is 4.31 Å². The maximum Gasteiger partial charge on any atom is 0.245 e. The van der Waals surface area contributed by atoms with Gasteiger partial charge in [0.1, 0.15) is 4.90 Å². The second-order valence-corrected chi connectivity index (χ2v) is 8.09. The Morgan fingerprint density at radius 3 is 2.86 bits per heavy atom. The maximum atomic E-state index is 12.9. The largest absolute Gasteiger partial charge is 0.398 e. The highest BCUT2D eigenvalue weighted by Crippen LogP contribution is 2.38. The lowest BCUT2D eigenvalue weighted by molar-refractivity contribution is 0.397. The quantitative estimate of drug-likeness (QED) is 0.868. The van der Waals surface area contributed by atoms with E-state index in [-0.39, 0.29) is 16.6 Å². The van der Waals surface area contributed by atoms with E-state index >= 15 is 0 Å². The van der Waals surface area contributed by atoms with Crippen LogP contribution in [-0.2, 0) is 10.0 Å². The Balaban J connectivity index is 2.03. The van der Waals surface area contributed by atoms with Crippen LogP contribution in [0.1, 0.15) is 24.4 Å². The average molecular weight is 343 g/mol. The highest BCUT2D eigenvalue weighted by molar-refractivity contribution is 7.89. The molecule has 3 rings (SSSR count). The van der Waals surface area contributed by atoms with Gasteiger partial charge in [0.25, 0.3) is 0 Å². The fraction of sp³-hybridized carbons (Fsp3) is 0.286. The van der Waals surface area contributed by atoms with Gasteiger partial charge in [-0.25, -0.2) is 8.42 Å². The first kappa shape index (κ1) is 14.8. The Hall–Kier alpha value is -1.08. The van der Waals surface area contributed by atoms with E-state index in [1.807, 2.05) is 16.8 Å². The third kappa shape index (κ3) is 2.68. The van der Waals surface area contributed by atoms with Crippen LogP contribution < -0.4 is 5.73 Å². The van der Waals surface area contributed by atoms with Gasteiger partial charge in [-0.2, -0.15) is 15.6 Å². The second-order valence-electron chi connectivity index (χ2n) is 5.01. The molecule has 1 aromatic carbocycles. The van der Waals surface area contributed by atoms with Crippen molar-refractivity contribution in [3.05, 3.63) is 45.6 Å². The van der Waals surface area contributed by atoms with Gasteiger partial charge in [0.05, 0.1) is 11.7 Å². The number of thiophene rings is 1. The molecule has 21 heavy (non-hydrogen) atoms. The molecular weight excluding hydrogens is 328 g/mol. The average Bonchev–Trinajstić information content (AvgIpc) is 3.10. The molecule has 0 radical (unpaired) electrons. The normalized spacial score (nSPS) is 20.0. The molecule has 2 N–H and O–H groups in total. The number of sulfonamides is 1. The second kappa shape index (κ2) is 5.61. The highest BCUT2D eigenvalue weighted by atomic mass is 35.5. The Morgan fingerprint density at radius 2 is 2.14 bits per heavy atom. The molecule has 1 fully saturated rings. The lowest BCUT2D eigenvalue weighted by atomic mass is 10.1.